The molecule has 0 atom stereocenters. The Balaban J connectivity index is 1.87. The van der Waals surface area contributed by atoms with Crippen LogP contribution in [0.4, 0.5) is 11.4 Å². The number of aryl methyl sites for hydroxylation is 1. The molecule has 0 unspecified atom stereocenters. The number of nitrogens with one attached hydrogen (secondary N) is 2. The third-order valence-corrected chi connectivity index (χ3v) is 8.56. The fourth-order valence-corrected chi connectivity index (χ4v) is 5.95. The number of phenolic OH excluding ortho intramolecular Hbond substituents is 1. The lowest BCUT2D eigenvalue weighted by Crippen LogP contribution is -2.31. The molecule has 0 heterocycles. The molecule has 0 aliphatic heterocycles. The van der Waals surface area contributed by atoms with Gasteiger partial charge < -0.3 is 30.3 Å². The summed E-state index contributed by atoms with van der Waals surface area (Å²) in [6.45, 7) is 16.7. The number of carbonyl (C=O) groups is 3. The number of ketones is 2. The molecule has 3 aromatic carbocycles. The summed E-state index contributed by atoms with van der Waals surface area (Å²) in [4.78, 5) is 46.0. The standard InChI is InChI=1S/C34H44N4O5/c1-7-21-12-13-22-23(27(21)34(42)43-6)20-24-28(31(22)39)33(41)30-26(36-17-19-38(10-4)11-5)15-14-25(29(30)32(24)40)35-16-18-37(8-2)9-3/h12-15,20,35-36,39H,7-11,16-19H2,1-6H3. The summed E-state index contributed by atoms with van der Waals surface area (Å²) >= 11 is 0. The van der Waals surface area contributed by atoms with Crippen molar-refractivity contribution in [3.8, 4) is 5.75 Å². The predicted molar refractivity (Wildman–Crippen MR) is 172 cm³/mol. The van der Waals surface area contributed by atoms with Crippen LogP contribution in [0.5, 0.6) is 5.75 Å². The van der Waals surface area contributed by atoms with Crippen molar-refractivity contribution < 1.29 is 24.2 Å². The first kappa shape index (κ1) is 32.0. The quantitative estimate of drug-likeness (QED) is 0.172. The number of hydrogen-bond donors (Lipinski definition) is 3. The number of nitrogens with zero attached hydrogens (tertiary/aromatic N) is 2. The van der Waals surface area contributed by atoms with Crippen LogP contribution in [-0.2, 0) is 11.2 Å². The molecule has 0 radical (unpaired) electrons. The van der Waals surface area contributed by atoms with Crippen LogP contribution in [-0.4, -0.2) is 91.9 Å². The van der Waals surface area contributed by atoms with Gasteiger partial charge in [0.05, 0.1) is 29.4 Å². The lowest BCUT2D eigenvalue weighted by atomic mass is 9.79. The highest BCUT2D eigenvalue weighted by atomic mass is 16.5. The number of hydrogen-bond acceptors (Lipinski definition) is 9. The first-order valence-electron chi connectivity index (χ1n) is 15.3. The zero-order valence-electron chi connectivity index (χ0n) is 26.2. The average Bonchev–Trinajstić information content (AvgIpc) is 3.03. The molecule has 9 heteroatoms. The van der Waals surface area contributed by atoms with E-state index in [9.17, 15) is 19.5 Å². The van der Waals surface area contributed by atoms with E-state index in [0.717, 1.165) is 44.8 Å². The second-order valence-corrected chi connectivity index (χ2v) is 10.7. The molecule has 0 spiro atoms. The summed E-state index contributed by atoms with van der Waals surface area (Å²) in [5.41, 5.74) is 2.69. The van der Waals surface area contributed by atoms with Crippen molar-refractivity contribution in [2.24, 2.45) is 0 Å². The molecule has 0 aromatic heterocycles. The van der Waals surface area contributed by atoms with Crippen molar-refractivity contribution >= 4 is 39.7 Å². The molecular weight excluding hydrogens is 544 g/mol. The van der Waals surface area contributed by atoms with E-state index in [4.69, 9.17) is 4.74 Å². The van der Waals surface area contributed by atoms with Crippen LogP contribution in [0.2, 0.25) is 0 Å². The number of likely N-dealkylation sites (N-methyl/N-ethyl adjacent to an activating group) is 2. The molecule has 0 amide bonds. The molecule has 230 valence electrons. The number of ether oxygens (including phenoxy) is 1. The average molecular weight is 589 g/mol. The Labute approximate surface area is 254 Å². The normalized spacial score (nSPS) is 12.6. The van der Waals surface area contributed by atoms with E-state index >= 15 is 0 Å². The van der Waals surface area contributed by atoms with E-state index in [1.807, 2.05) is 19.1 Å². The second-order valence-electron chi connectivity index (χ2n) is 10.7. The van der Waals surface area contributed by atoms with E-state index in [0.29, 0.717) is 41.7 Å². The van der Waals surface area contributed by atoms with Gasteiger partial charge in [-0.3, -0.25) is 9.59 Å². The minimum Gasteiger partial charge on any atom is -0.507 e. The highest BCUT2D eigenvalue weighted by Gasteiger charge is 2.37. The molecule has 0 fully saturated rings. The first-order chi connectivity index (χ1) is 20.8. The van der Waals surface area contributed by atoms with Gasteiger partial charge in [-0.25, -0.2) is 4.79 Å². The van der Waals surface area contributed by atoms with Crippen LogP contribution in [0.15, 0.2) is 30.3 Å². The molecule has 0 bridgehead atoms. The van der Waals surface area contributed by atoms with Gasteiger partial charge in [-0.05, 0) is 56.4 Å². The largest absolute Gasteiger partial charge is 0.507 e. The fourth-order valence-electron chi connectivity index (χ4n) is 5.95. The molecule has 9 nitrogen and oxygen atoms in total. The Bertz CT molecular complexity index is 1530. The van der Waals surface area contributed by atoms with Crippen molar-refractivity contribution in [1.29, 1.82) is 0 Å². The monoisotopic (exact) mass is 588 g/mol. The molecule has 3 N–H and O–H groups in total. The maximum absolute atomic E-state index is 14.3. The molecule has 3 aromatic rings. The Hall–Kier alpha value is -3.95. The Morgan fingerprint density at radius 1 is 0.767 bits per heavy atom. The van der Waals surface area contributed by atoms with E-state index in [1.165, 1.54) is 7.11 Å². The molecule has 1 aliphatic rings. The summed E-state index contributed by atoms with van der Waals surface area (Å²) in [6, 6.07) is 8.68. The Morgan fingerprint density at radius 2 is 1.30 bits per heavy atom. The molecule has 0 saturated carbocycles. The summed E-state index contributed by atoms with van der Waals surface area (Å²) in [6.07, 6.45) is 0.553. The van der Waals surface area contributed by atoms with Crippen LogP contribution in [0, 0.1) is 0 Å². The Kier molecular flexibility index (Phi) is 10.4. The van der Waals surface area contributed by atoms with Crippen LogP contribution in [0.25, 0.3) is 10.8 Å². The predicted octanol–water partition coefficient (Wildman–Crippen LogP) is 5.18. The van der Waals surface area contributed by atoms with Gasteiger partial charge in [0.1, 0.15) is 5.75 Å². The van der Waals surface area contributed by atoms with Gasteiger partial charge >= 0.3 is 5.97 Å². The highest BCUT2D eigenvalue weighted by molar-refractivity contribution is 6.34. The first-order valence-corrected chi connectivity index (χ1v) is 15.3. The smallest absolute Gasteiger partial charge is 0.338 e. The number of phenols is 1. The number of aromatic hydroxyl groups is 1. The van der Waals surface area contributed by atoms with Gasteiger partial charge in [0.15, 0.2) is 11.6 Å². The fraction of sp³-hybridized carbons (Fsp3) is 0.441. The van der Waals surface area contributed by atoms with Gasteiger partial charge in [0.25, 0.3) is 0 Å². The summed E-state index contributed by atoms with van der Waals surface area (Å²) in [7, 11) is 1.30. The third-order valence-electron chi connectivity index (χ3n) is 8.56. The van der Waals surface area contributed by atoms with Gasteiger partial charge in [-0.15, -0.1) is 0 Å². The minimum atomic E-state index is -0.560. The molecule has 43 heavy (non-hydrogen) atoms. The summed E-state index contributed by atoms with van der Waals surface area (Å²) < 4.78 is 5.06. The van der Waals surface area contributed by atoms with E-state index < -0.39 is 11.8 Å². The number of methoxy groups -OCH3 is 1. The number of rotatable bonds is 14. The van der Waals surface area contributed by atoms with Gasteiger partial charge in [0.2, 0.25) is 0 Å². The minimum absolute atomic E-state index is 0.0443. The summed E-state index contributed by atoms with van der Waals surface area (Å²) in [5, 5.41) is 19.0. The highest BCUT2D eigenvalue weighted by Crippen LogP contribution is 2.43. The van der Waals surface area contributed by atoms with Crippen LogP contribution in [0.3, 0.4) is 0 Å². The van der Waals surface area contributed by atoms with E-state index in [-0.39, 0.29) is 39.4 Å². The SMILES string of the molecule is CCc1ccc2c(O)c3c(cc2c1C(=O)OC)C(=O)c1c(NCCN(CC)CC)ccc(NCCN(CC)CC)c1C3=O. The van der Waals surface area contributed by atoms with Crippen LogP contribution >= 0.6 is 0 Å². The maximum atomic E-state index is 14.3. The number of anilines is 2. The van der Waals surface area contributed by atoms with Crippen LogP contribution in [0.1, 0.15) is 82.4 Å². The molecule has 0 saturated heterocycles. The third kappa shape index (κ3) is 6.10. The molecule has 1 aliphatic carbocycles. The Morgan fingerprint density at radius 3 is 1.79 bits per heavy atom. The number of fused-ring (bicyclic) bond motifs is 3. The number of benzene rings is 3. The lowest BCUT2D eigenvalue weighted by molar-refractivity contribution is 0.0601. The van der Waals surface area contributed by atoms with E-state index in [2.05, 4.69) is 48.1 Å². The van der Waals surface area contributed by atoms with Crippen molar-refractivity contribution in [2.75, 3.05) is 70.1 Å². The van der Waals surface area contributed by atoms with Crippen molar-refractivity contribution in [3.63, 3.8) is 0 Å². The van der Waals surface area contributed by atoms with Crippen LogP contribution < -0.4 is 10.6 Å². The number of carbonyl (C=O) groups excluding carboxylic acids is 3. The zero-order valence-corrected chi connectivity index (χ0v) is 26.2. The van der Waals surface area contributed by atoms with Gasteiger partial charge in [-0.1, -0.05) is 46.8 Å². The van der Waals surface area contributed by atoms with Gasteiger partial charge in [-0.2, -0.15) is 0 Å². The number of esters is 1. The molecular formula is C34H44N4O5. The van der Waals surface area contributed by atoms with Crippen molar-refractivity contribution in [1.82, 2.24) is 9.80 Å². The second kappa shape index (κ2) is 14.0. The zero-order chi connectivity index (χ0) is 31.3. The van der Waals surface area contributed by atoms with Crippen molar-refractivity contribution in [3.05, 3.63) is 63.7 Å². The maximum Gasteiger partial charge on any atom is 0.338 e. The summed E-state index contributed by atoms with van der Waals surface area (Å²) in [5.74, 6) is -1.67. The van der Waals surface area contributed by atoms with Gasteiger partial charge in [0, 0.05) is 53.9 Å². The topological polar surface area (TPSA) is 111 Å². The van der Waals surface area contributed by atoms with E-state index in [1.54, 1.807) is 18.2 Å². The molecule has 4 rings (SSSR count). The lowest BCUT2D eigenvalue weighted by Gasteiger charge is -2.26. The van der Waals surface area contributed by atoms with Crippen molar-refractivity contribution in [2.45, 2.75) is 41.0 Å².